The van der Waals surface area contributed by atoms with E-state index < -0.39 is 25.0 Å². The average molecular weight is 631 g/mol. The zero-order valence-electron chi connectivity index (χ0n) is 19.9. The molecule has 39 heavy (non-hydrogen) atoms. The first-order valence-electron chi connectivity index (χ1n) is 11.2. The summed E-state index contributed by atoms with van der Waals surface area (Å²) in [6, 6.07) is 30.2. The van der Waals surface area contributed by atoms with Crippen LogP contribution < -0.4 is 26.5 Å². The summed E-state index contributed by atoms with van der Waals surface area (Å²) in [5.41, 5.74) is -0.958. The summed E-state index contributed by atoms with van der Waals surface area (Å²) in [5, 5.41) is 7.67. The first-order chi connectivity index (χ1) is 18.1. The molecule has 3 nitrogen and oxygen atoms in total. The molecule has 0 fully saturated rings. The Morgan fingerprint density at radius 3 is 1.54 bits per heavy atom. The van der Waals surface area contributed by atoms with Crippen LogP contribution in [0.3, 0.4) is 0 Å². The van der Waals surface area contributed by atoms with Gasteiger partial charge >= 0.3 is 12.2 Å². The second kappa shape index (κ2) is 13.1. The molecule has 0 bridgehead atoms. The molecule has 0 heterocycles. The molecule has 0 aliphatic rings. The fourth-order valence-corrected chi connectivity index (χ4v) is 9.18. The van der Waals surface area contributed by atoms with E-state index in [9.17, 15) is 18.0 Å². The molecule has 0 spiro atoms. The van der Waals surface area contributed by atoms with Gasteiger partial charge in [-0.2, -0.15) is 13.2 Å². The highest BCUT2D eigenvalue weighted by Crippen LogP contribution is 2.63. The molecule has 0 saturated carbocycles. The SMILES string of the molecule is Cl.O=C(NC(=C(Cl)Cl)[P+](c1ccccc1)(c1ccccc1)c1ccccc1)Nc1cc(C(F)(F)F)ccc1Cl. The second-order valence-corrected chi connectivity index (χ2v) is 12.8. The summed E-state index contributed by atoms with van der Waals surface area (Å²) in [5.74, 6) is 0. The number of alkyl halides is 3. The molecule has 0 aliphatic heterocycles. The van der Waals surface area contributed by atoms with Gasteiger partial charge in [0, 0.05) is 0 Å². The van der Waals surface area contributed by atoms with Gasteiger partial charge in [0.1, 0.15) is 15.9 Å². The monoisotopic (exact) mass is 629 g/mol. The van der Waals surface area contributed by atoms with Gasteiger partial charge in [0.2, 0.25) is 5.44 Å². The first kappa shape index (κ1) is 30.8. The maximum Gasteiger partial charge on any atom is 0.416 e. The average Bonchev–Trinajstić information content (AvgIpc) is 2.91. The van der Waals surface area contributed by atoms with Gasteiger partial charge in [-0.05, 0) is 54.6 Å². The van der Waals surface area contributed by atoms with Crippen molar-refractivity contribution in [2.75, 3.05) is 5.32 Å². The Labute approximate surface area is 245 Å². The third-order valence-electron chi connectivity index (χ3n) is 5.72. The molecule has 4 aromatic carbocycles. The zero-order chi connectivity index (χ0) is 27.3. The van der Waals surface area contributed by atoms with Gasteiger partial charge in [-0.1, -0.05) is 89.4 Å². The van der Waals surface area contributed by atoms with Gasteiger partial charge in [-0.3, -0.25) is 5.32 Å². The molecule has 0 aromatic heterocycles. The molecule has 11 heteroatoms. The van der Waals surface area contributed by atoms with Gasteiger partial charge in [0.15, 0.2) is 11.8 Å². The lowest BCUT2D eigenvalue weighted by molar-refractivity contribution is -0.137. The minimum atomic E-state index is -4.61. The van der Waals surface area contributed by atoms with Crippen molar-refractivity contribution in [3.05, 3.63) is 130 Å². The standard InChI is InChI=1S/C28H19Cl3F3N2OP.ClH/c29-23-17-16-19(28(32,33)34)18-24(23)35-27(37)36-26(25(30)31)38(20-10-4-1-5-11-20,21-12-6-2-7-13-21)22-14-8-3-9-15-22;/h1-18H,(H-,35,36,37);1H/p+1. The van der Waals surface area contributed by atoms with E-state index in [-0.39, 0.29) is 33.0 Å². The second-order valence-electron chi connectivity index (χ2n) is 8.06. The summed E-state index contributed by atoms with van der Waals surface area (Å²) < 4.78 is 39.6. The van der Waals surface area contributed by atoms with Crippen LogP contribution in [0.4, 0.5) is 23.7 Å². The Morgan fingerprint density at radius 1 is 0.718 bits per heavy atom. The Kier molecular flexibility index (Phi) is 10.3. The number of hydrogen-bond acceptors (Lipinski definition) is 1. The van der Waals surface area contributed by atoms with Crippen molar-refractivity contribution in [1.82, 2.24) is 5.32 Å². The van der Waals surface area contributed by atoms with E-state index in [4.69, 9.17) is 34.8 Å². The molecule has 2 N–H and O–H groups in total. The summed E-state index contributed by atoms with van der Waals surface area (Å²) in [4.78, 5) is 13.3. The van der Waals surface area contributed by atoms with Crippen LogP contribution in [0.1, 0.15) is 5.56 Å². The number of halogens is 7. The zero-order valence-corrected chi connectivity index (χ0v) is 23.9. The molecule has 0 saturated heterocycles. The molecule has 202 valence electrons. The van der Waals surface area contributed by atoms with E-state index in [0.717, 1.165) is 34.1 Å². The van der Waals surface area contributed by atoms with E-state index in [1.807, 2.05) is 91.0 Å². The molecule has 0 radical (unpaired) electrons. The number of urea groups is 1. The number of rotatable bonds is 6. The fourth-order valence-electron chi connectivity index (χ4n) is 4.11. The molecule has 0 unspecified atom stereocenters. The smallest absolute Gasteiger partial charge is 0.306 e. The lowest BCUT2D eigenvalue weighted by atomic mass is 10.2. The summed E-state index contributed by atoms with van der Waals surface area (Å²) >= 11 is 19.1. The largest absolute Gasteiger partial charge is 0.416 e. The number of carbonyl (C=O) groups excluding carboxylic acids is 1. The minimum absolute atomic E-state index is 0. The fraction of sp³-hybridized carbons (Fsp3) is 0.0357. The van der Waals surface area contributed by atoms with Gasteiger partial charge in [0.25, 0.3) is 0 Å². The maximum atomic E-state index is 13.3. The summed E-state index contributed by atoms with van der Waals surface area (Å²) in [6.45, 7) is 0. The summed E-state index contributed by atoms with van der Waals surface area (Å²) in [7, 11) is -2.90. The van der Waals surface area contributed by atoms with E-state index in [1.165, 1.54) is 0 Å². The number of nitrogens with one attached hydrogen (secondary N) is 2. The highest BCUT2D eigenvalue weighted by molar-refractivity contribution is 7.99. The van der Waals surface area contributed by atoms with Crippen LogP contribution >= 0.6 is 54.5 Å². The van der Waals surface area contributed by atoms with Gasteiger partial charge in [-0.25, -0.2) is 4.79 Å². The topological polar surface area (TPSA) is 41.1 Å². The number of carbonyl (C=O) groups is 1. The van der Waals surface area contributed by atoms with Crippen molar-refractivity contribution in [3.8, 4) is 0 Å². The lowest BCUT2D eigenvalue weighted by Gasteiger charge is -2.29. The van der Waals surface area contributed by atoms with Gasteiger partial charge in [0.05, 0.1) is 16.3 Å². The minimum Gasteiger partial charge on any atom is -0.306 e. The van der Waals surface area contributed by atoms with Crippen LogP contribution in [0.25, 0.3) is 0 Å². The lowest BCUT2D eigenvalue weighted by Crippen LogP contribution is -2.40. The van der Waals surface area contributed by atoms with Crippen molar-refractivity contribution in [2.45, 2.75) is 6.18 Å². The Hall–Kier alpha value is -2.73. The molecule has 2 amide bonds. The quantitative estimate of drug-likeness (QED) is 0.206. The molecule has 0 aliphatic carbocycles. The highest BCUT2D eigenvalue weighted by atomic mass is 35.5. The Bertz CT molecular complexity index is 1350. The predicted molar refractivity (Wildman–Crippen MR) is 160 cm³/mol. The molecular weight excluding hydrogens is 610 g/mol. The van der Waals surface area contributed by atoms with Crippen molar-refractivity contribution in [3.63, 3.8) is 0 Å². The highest BCUT2D eigenvalue weighted by Gasteiger charge is 2.52. The van der Waals surface area contributed by atoms with Crippen molar-refractivity contribution in [2.24, 2.45) is 0 Å². The van der Waals surface area contributed by atoms with Crippen molar-refractivity contribution in [1.29, 1.82) is 0 Å². The summed E-state index contributed by atoms with van der Waals surface area (Å²) in [6.07, 6.45) is -4.61. The third-order valence-corrected chi connectivity index (χ3v) is 10.9. The Morgan fingerprint density at radius 2 is 1.15 bits per heavy atom. The predicted octanol–water partition coefficient (Wildman–Crippen LogP) is 8.50. The van der Waals surface area contributed by atoms with Crippen molar-refractivity contribution < 1.29 is 18.0 Å². The van der Waals surface area contributed by atoms with Gasteiger partial charge in [-0.15, -0.1) is 12.4 Å². The van der Waals surface area contributed by atoms with Crippen molar-refractivity contribution >= 4 is 82.1 Å². The van der Waals surface area contributed by atoms with Crippen LogP contribution in [-0.4, -0.2) is 6.03 Å². The first-order valence-corrected chi connectivity index (χ1v) is 14.1. The van der Waals surface area contributed by atoms with Crippen LogP contribution in [0.15, 0.2) is 119 Å². The normalized spacial score (nSPS) is 11.2. The van der Waals surface area contributed by atoms with Crippen LogP contribution in [0.2, 0.25) is 5.02 Å². The van der Waals surface area contributed by atoms with Crippen LogP contribution in [0, 0.1) is 0 Å². The number of amides is 2. The third kappa shape index (κ3) is 6.71. The van der Waals surface area contributed by atoms with E-state index in [2.05, 4.69) is 10.6 Å². The molecular formula is C28H21Cl4F3N2OP+. The molecule has 0 atom stereocenters. The number of hydrogen-bond donors (Lipinski definition) is 2. The Balaban J connectivity index is 0.00000420. The molecule has 4 rings (SSSR count). The number of benzene rings is 4. The van der Waals surface area contributed by atoms with Crippen LogP contribution in [-0.2, 0) is 6.18 Å². The van der Waals surface area contributed by atoms with E-state index >= 15 is 0 Å². The maximum absolute atomic E-state index is 13.3. The number of anilines is 1. The van der Waals surface area contributed by atoms with E-state index in [0.29, 0.717) is 0 Å². The van der Waals surface area contributed by atoms with E-state index in [1.54, 1.807) is 0 Å². The van der Waals surface area contributed by atoms with Gasteiger partial charge < -0.3 is 5.32 Å². The molecule has 4 aromatic rings. The van der Waals surface area contributed by atoms with Crippen LogP contribution in [0.5, 0.6) is 0 Å².